The maximum Gasteiger partial charge on any atom is 0.248 e. The molecule has 1 N–H and O–H groups in total. The number of nitrogens with zero attached hydrogens (tertiary/aromatic N) is 2. The van der Waals surface area contributed by atoms with Crippen molar-refractivity contribution in [1.82, 2.24) is 4.31 Å². The standard InChI is InChI=1S/C22H29N3O4S2/c1-4-25(5-2)31(27,28)18-6-7-20(24-11-13-29-14-12-24)19(16-18)23-22(26)9-8-21-17(3)10-15-30-21/h6-10,15-16H,4-5,11-14H2,1-3H3,(H,23,26)/b9-8+. The highest BCUT2D eigenvalue weighted by Gasteiger charge is 2.24. The third-order valence-electron chi connectivity index (χ3n) is 5.21. The summed E-state index contributed by atoms with van der Waals surface area (Å²) < 4.78 is 32.8. The molecule has 1 amide bonds. The highest BCUT2D eigenvalue weighted by molar-refractivity contribution is 7.89. The molecule has 9 heteroatoms. The van der Waals surface area contributed by atoms with Crippen LogP contribution in [-0.4, -0.2) is 58.0 Å². The normalized spacial score (nSPS) is 15.0. The van der Waals surface area contributed by atoms with Gasteiger partial charge in [-0.3, -0.25) is 4.79 Å². The van der Waals surface area contributed by atoms with E-state index in [-0.39, 0.29) is 10.8 Å². The Kier molecular flexibility index (Phi) is 7.88. The van der Waals surface area contributed by atoms with E-state index in [1.165, 1.54) is 10.4 Å². The fraction of sp³-hybridized carbons (Fsp3) is 0.409. The largest absolute Gasteiger partial charge is 0.378 e. The SMILES string of the molecule is CCN(CC)S(=O)(=O)c1ccc(N2CCOCC2)c(NC(=O)/C=C/c2sccc2C)c1. The van der Waals surface area contributed by atoms with Crippen LogP contribution in [-0.2, 0) is 19.6 Å². The molecule has 2 aromatic rings. The highest BCUT2D eigenvalue weighted by Crippen LogP contribution is 2.31. The highest BCUT2D eigenvalue weighted by atomic mass is 32.2. The van der Waals surface area contributed by atoms with Gasteiger partial charge in [-0.1, -0.05) is 13.8 Å². The lowest BCUT2D eigenvalue weighted by atomic mass is 10.2. The zero-order valence-corrected chi connectivity index (χ0v) is 19.8. The summed E-state index contributed by atoms with van der Waals surface area (Å²) in [6.45, 7) is 8.90. The van der Waals surface area contributed by atoms with E-state index >= 15 is 0 Å². The monoisotopic (exact) mass is 463 g/mol. The molecule has 0 saturated carbocycles. The van der Waals surface area contributed by atoms with Crippen molar-refractivity contribution in [2.75, 3.05) is 49.6 Å². The number of sulfonamides is 1. The summed E-state index contributed by atoms with van der Waals surface area (Å²) in [5, 5.41) is 4.87. The summed E-state index contributed by atoms with van der Waals surface area (Å²) in [5.41, 5.74) is 2.37. The maximum absolute atomic E-state index is 13.0. The van der Waals surface area contributed by atoms with E-state index < -0.39 is 10.0 Å². The lowest BCUT2D eigenvalue weighted by Crippen LogP contribution is -2.37. The summed E-state index contributed by atoms with van der Waals surface area (Å²) in [6, 6.07) is 6.93. The van der Waals surface area contributed by atoms with Crippen molar-refractivity contribution in [1.29, 1.82) is 0 Å². The van der Waals surface area contributed by atoms with Crippen LogP contribution < -0.4 is 10.2 Å². The second-order valence-electron chi connectivity index (χ2n) is 7.16. The number of aryl methyl sites for hydroxylation is 1. The van der Waals surface area contributed by atoms with Crippen LogP contribution in [0.25, 0.3) is 6.08 Å². The Bertz CT molecular complexity index is 1040. The van der Waals surface area contributed by atoms with E-state index in [4.69, 9.17) is 4.74 Å². The molecule has 3 rings (SSSR count). The molecule has 0 unspecified atom stereocenters. The van der Waals surface area contributed by atoms with Gasteiger partial charge in [-0.2, -0.15) is 4.31 Å². The number of rotatable bonds is 8. The molecular formula is C22H29N3O4S2. The molecule has 0 spiro atoms. The van der Waals surface area contributed by atoms with Gasteiger partial charge in [0, 0.05) is 37.1 Å². The number of nitrogens with one attached hydrogen (secondary N) is 1. The number of hydrogen-bond donors (Lipinski definition) is 1. The second kappa shape index (κ2) is 10.4. The maximum atomic E-state index is 13.0. The Morgan fingerprint density at radius 3 is 2.55 bits per heavy atom. The molecule has 1 aromatic carbocycles. The van der Waals surface area contributed by atoms with Gasteiger partial charge in [0.25, 0.3) is 0 Å². The summed E-state index contributed by atoms with van der Waals surface area (Å²) in [6.07, 6.45) is 3.26. The molecule has 0 bridgehead atoms. The van der Waals surface area contributed by atoms with Crippen molar-refractivity contribution < 1.29 is 17.9 Å². The van der Waals surface area contributed by atoms with Gasteiger partial charge in [0.05, 0.1) is 29.5 Å². The van der Waals surface area contributed by atoms with Crippen LogP contribution >= 0.6 is 11.3 Å². The van der Waals surface area contributed by atoms with E-state index in [1.54, 1.807) is 35.6 Å². The van der Waals surface area contributed by atoms with Crippen molar-refractivity contribution in [2.45, 2.75) is 25.7 Å². The Morgan fingerprint density at radius 2 is 1.94 bits per heavy atom. The Labute approximate surface area is 188 Å². The van der Waals surface area contributed by atoms with Gasteiger partial charge in [0.2, 0.25) is 15.9 Å². The van der Waals surface area contributed by atoms with Crippen molar-refractivity contribution in [3.63, 3.8) is 0 Å². The Hall–Kier alpha value is -2.20. The Balaban J connectivity index is 1.93. The van der Waals surface area contributed by atoms with Crippen LogP contribution in [0.5, 0.6) is 0 Å². The zero-order valence-electron chi connectivity index (χ0n) is 18.1. The van der Waals surface area contributed by atoms with Gasteiger partial charge in [0.15, 0.2) is 0 Å². The zero-order chi connectivity index (χ0) is 22.4. The molecule has 1 aliphatic rings. The lowest BCUT2D eigenvalue weighted by molar-refractivity contribution is -0.111. The van der Waals surface area contributed by atoms with Crippen LogP contribution in [0.1, 0.15) is 24.3 Å². The predicted octanol–water partition coefficient (Wildman–Crippen LogP) is 3.58. The summed E-state index contributed by atoms with van der Waals surface area (Å²) in [7, 11) is -3.64. The van der Waals surface area contributed by atoms with Crippen LogP contribution in [0, 0.1) is 6.92 Å². The van der Waals surface area contributed by atoms with Gasteiger partial charge in [-0.05, 0) is 48.2 Å². The number of thiophene rings is 1. The van der Waals surface area contributed by atoms with Gasteiger partial charge in [-0.15, -0.1) is 11.3 Å². The molecule has 1 aromatic heterocycles. The average Bonchev–Trinajstić information content (AvgIpc) is 3.18. The van der Waals surface area contributed by atoms with Crippen molar-refractivity contribution in [3.05, 3.63) is 46.2 Å². The Morgan fingerprint density at radius 1 is 1.23 bits per heavy atom. The summed E-state index contributed by atoms with van der Waals surface area (Å²) >= 11 is 1.56. The minimum absolute atomic E-state index is 0.168. The third kappa shape index (κ3) is 5.54. The molecule has 1 fully saturated rings. The average molecular weight is 464 g/mol. The molecule has 7 nitrogen and oxygen atoms in total. The first-order valence-electron chi connectivity index (χ1n) is 10.4. The number of hydrogen-bond acceptors (Lipinski definition) is 6. The van der Waals surface area contributed by atoms with Crippen LogP contribution in [0.4, 0.5) is 11.4 Å². The minimum atomic E-state index is -3.64. The van der Waals surface area contributed by atoms with E-state index in [0.29, 0.717) is 45.1 Å². The molecule has 1 aliphatic heterocycles. The molecule has 0 atom stereocenters. The van der Waals surface area contributed by atoms with Crippen molar-refractivity contribution in [3.8, 4) is 0 Å². The second-order valence-corrected chi connectivity index (χ2v) is 10.0. The van der Waals surface area contributed by atoms with E-state index in [1.807, 2.05) is 32.2 Å². The summed E-state index contributed by atoms with van der Waals surface area (Å²) in [5.74, 6) is -0.306. The van der Waals surface area contributed by atoms with E-state index in [9.17, 15) is 13.2 Å². The lowest BCUT2D eigenvalue weighted by Gasteiger charge is -2.31. The van der Waals surface area contributed by atoms with Gasteiger partial charge in [0.1, 0.15) is 0 Å². The van der Waals surface area contributed by atoms with E-state index in [0.717, 1.165) is 16.1 Å². The van der Waals surface area contributed by atoms with Crippen molar-refractivity contribution in [2.24, 2.45) is 0 Å². The molecule has 2 heterocycles. The third-order valence-corrected chi connectivity index (χ3v) is 8.24. The molecule has 168 valence electrons. The topological polar surface area (TPSA) is 79.0 Å². The summed E-state index contributed by atoms with van der Waals surface area (Å²) in [4.78, 5) is 15.9. The first-order chi connectivity index (χ1) is 14.9. The van der Waals surface area contributed by atoms with Crippen LogP contribution in [0.3, 0.4) is 0 Å². The molecular weight excluding hydrogens is 434 g/mol. The van der Waals surface area contributed by atoms with Gasteiger partial charge < -0.3 is 15.0 Å². The predicted molar refractivity (Wildman–Crippen MR) is 126 cm³/mol. The van der Waals surface area contributed by atoms with Crippen LogP contribution in [0.15, 0.2) is 40.6 Å². The molecule has 31 heavy (non-hydrogen) atoms. The quantitative estimate of drug-likeness (QED) is 0.606. The van der Waals surface area contributed by atoms with Gasteiger partial charge >= 0.3 is 0 Å². The number of amides is 1. The fourth-order valence-electron chi connectivity index (χ4n) is 3.45. The smallest absolute Gasteiger partial charge is 0.248 e. The number of anilines is 2. The number of morpholine rings is 1. The minimum Gasteiger partial charge on any atom is -0.378 e. The molecule has 1 saturated heterocycles. The first kappa shape index (κ1) is 23.5. The molecule has 0 radical (unpaired) electrons. The number of carbonyl (C=O) groups is 1. The van der Waals surface area contributed by atoms with Crippen LogP contribution in [0.2, 0.25) is 0 Å². The number of carbonyl (C=O) groups excluding carboxylic acids is 1. The first-order valence-corrected chi connectivity index (χ1v) is 12.7. The van der Waals surface area contributed by atoms with E-state index in [2.05, 4.69) is 10.2 Å². The molecule has 0 aliphatic carbocycles. The number of benzene rings is 1. The van der Waals surface area contributed by atoms with Crippen molar-refractivity contribution >= 4 is 44.7 Å². The number of ether oxygens (including phenoxy) is 1. The van der Waals surface area contributed by atoms with Gasteiger partial charge in [-0.25, -0.2) is 8.42 Å². The fourth-order valence-corrected chi connectivity index (χ4v) is 5.75.